The quantitative estimate of drug-likeness (QED) is 0.743. The molecule has 2 N–H and O–H groups in total. The average Bonchev–Trinajstić information content (AvgIpc) is 2.31. The van der Waals surface area contributed by atoms with Crippen LogP contribution in [-0.4, -0.2) is 16.5 Å². The number of phenolic OH excluding ortho intramolecular Hbond substituents is 2. The number of benzene rings is 2. The molecule has 0 aromatic heterocycles. The van der Waals surface area contributed by atoms with Gasteiger partial charge in [0.25, 0.3) is 0 Å². The van der Waals surface area contributed by atoms with Crippen molar-refractivity contribution in [2.75, 3.05) is 0 Å². The van der Waals surface area contributed by atoms with Gasteiger partial charge in [0.1, 0.15) is 11.5 Å². The van der Waals surface area contributed by atoms with E-state index in [-0.39, 0.29) is 23.5 Å². The van der Waals surface area contributed by atoms with Crippen LogP contribution >= 0.6 is 0 Å². The summed E-state index contributed by atoms with van der Waals surface area (Å²) in [5, 5.41) is 17.5. The van der Waals surface area contributed by atoms with E-state index in [4.69, 9.17) is 10.2 Å². The fourth-order valence-corrected chi connectivity index (χ4v) is 1.02. The minimum atomic E-state index is 0. The lowest BCUT2D eigenvalue weighted by Crippen LogP contribution is -1.77. The van der Waals surface area contributed by atoms with Crippen LogP contribution in [0.4, 0.5) is 0 Å². The third-order valence-electron chi connectivity index (χ3n) is 1.82. The Morgan fingerprint density at radius 1 is 0.833 bits per heavy atom. The molecule has 0 aliphatic carbocycles. The van der Waals surface area contributed by atoms with Crippen molar-refractivity contribution in [1.82, 2.24) is 0 Å². The van der Waals surface area contributed by atoms with Crippen molar-refractivity contribution in [3.8, 4) is 11.5 Å². The van der Waals surface area contributed by atoms with Gasteiger partial charge >= 0.3 is 0 Å². The van der Waals surface area contributed by atoms with Crippen molar-refractivity contribution in [1.29, 1.82) is 0 Å². The van der Waals surface area contributed by atoms with Gasteiger partial charge < -0.3 is 10.2 Å². The van der Waals surface area contributed by atoms with Crippen LogP contribution in [0, 0.1) is 0 Å². The van der Waals surface area contributed by atoms with Gasteiger partial charge in [0.15, 0.2) is 6.29 Å². The van der Waals surface area contributed by atoms with Crippen LogP contribution < -0.4 is 0 Å². The second kappa shape index (κ2) is 9.90. The molecule has 0 unspecified atom stereocenters. The van der Waals surface area contributed by atoms with E-state index in [1.165, 1.54) is 6.07 Å². The van der Waals surface area contributed by atoms with Gasteiger partial charge in [-0.2, -0.15) is 0 Å². The topological polar surface area (TPSA) is 57.5 Å². The monoisotopic (exact) mass is 254 g/mol. The summed E-state index contributed by atoms with van der Waals surface area (Å²) < 4.78 is 0. The lowest BCUT2D eigenvalue weighted by atomic mass is 10.2. The number of aldehydes is 1. The van der Waals surface area contributed by atoms with Crippen molar-refractivity contribution in [2.24, 2.45) is 0 Å². The number of para-hydroxylation sites is 2. The van der Waals surface area contributed by atoms with Gasteiger partial charge in [0.05, 0.1) is 5.56 Å². The third kappa shape index (κ3) is 6.33. The molecule has 3 heteroatoms. The van der Waals surface area contributed by atoms with Crippen LogP contribution in [0.2, 0.25) is 0 Å². The molecule has 102 valence electrons. The van der Waals surface area contributed by atoms with Crippen molar-refractivity contribution in [3.05, 3.63) is 60.2 Å². The molecule has 3 nitrogen and oxygen atoms in total. The maximum Gasteiger partial charge on any atom is 0.153 e. The molecule has 2 rings (SSSR count). The molecule has 0 aliphatic heterocycles. The predicted molar refractivity (Wildman–Crippen MR) is 79.3 cm³/mol. The van der Waals surface area contributed by atoms with E-state index in [9.17, 15) is 4.79 Å². The van der Waals surface area contributed by atoms with E-state index >= 15 is 0 Å². The first-order chi connectivity index (χ1) is 7.74. The first kappa shape index (κ1) is 18.1. The number of hydrogen-bond donors (Lipinski definition) is 2. The Hall–Kier alpha value is -2.29. The molecule has 2 aromatic rings. The normalized spacial score (nSPS) is 7.78. The second-order valence-electron chi connectivity index (χ2n) is 3.01. The van der Waals surface area contributed by atoms with Gasteiger partial charge in [-0.25, -0.2) is 0 Å². The molecule has 0 aliphatic rings. The van der Waals surface area contributed by atoms with E-state index < -0.39 is 0 Å². The Balaban J connectivity index is -0.000000109. The Kier molecular flexibility index (Phi) is 9.95. The smallest absolute Gasteiger partial charge is 0.153 e. The second-order valence-corrected chi connectivity index (χ2v) is 3.01. The number of phenols is 2. The zero-order valence-electron chi connectivity index (χ0n) is 8.58. The van der Waals surface area contributed by atoms with Crippen molar-refractivity contribution in [3.63, 3.8) is 0 Å². The van der Waals surface area contributed by atoms with E-state index in [0.717, 1.165) is 0 Å². The summed E-state index contributed by atoms with van der Waals surface area (Å²) >= 11 is 0. The molecule has 0 atom stereocenters. The summed E-state index contributed by atoms with van der Waals surface area (Å²) in [4.78, 5) is 10.1. The van der Waals surface area contributed by atoms with E-state index in [2.05, 4.69) is 0 Å². The molecule has 0 bridgehead atoms. The Morgan fingerprint density at radius 3 is 1.67 bits per heavy atom. The lowest BCUT2D eigenvalue weighted by Gasteiger charge is -1.91. The van der Waals surface area contributed by atoms with Crippen LogP contribution in [0.15, 0.2) is 54.6 Å². The van der Waals surface area contributed by atoms with Gasteiger partial charge in [-0.1, -0.05) is 45.2 Å². The highest BCUT2D eigenvalue weighted by molar-refractivity contribution is 5.78. The maximum atomic E-state index is 10.1. The number of rotatable bonds is 1. The van der Waals surface area contributed by atoms with Crippen LogP contribution in [0.25, 0.3) is 0 Å². The predicted octanol–water partition coefficient (Wildman–Crippen LogP) is 4.36. The molecular weight excluding hydrogens is 228 g/mol. The van der Waals surface area contributed by atoms with E-state index in [1.54, 1.807) is 42.5 Å². The Labute approximate surface area is 111 Å². The largest absolute Gasteiger partial charge is 0.508 e. The number of hydrogen-bond acceptors (Lipinski definition) is 3. The number of carbonyl (C=O) groups excluding carboxylic acids is 1. The highest BCUT2D eigenvalue weighted by atomic mass is 16.3. The molecule has 0 spiro atoms. The SMILES string of the molecule is C.C.O=Cc1ccccc1O.Oc1ccccc1.[2HH].[2HH]. The van der Waals surface area contributed by atoms with Crippen LogP contribution in [0.1, 0.15) is 28.1 Å². The minimum absolute atomic E-state index is 0. The van der Waals surface area contributed by atoms with E-state index in [0.29, 0.717) is 17.6 Å². The van der Waals surface area contributed by atoms with Crippen molar-refractivity contribution in [2.45, 2.75) is 14.9 Å². The maximum absolute atomic E-state index is 10.1. The van der Waals surface area contributed by atoms with Gasteiger partial charge in [0.2, 0.25) is 0 Å². The first-order valence-electron chi connectivity index (χ1n) is 4.71. The molecular formula is C15H24O3. The summed E-state index contributed by atoms with van der Waals surface area (Å²) in [6.45, 7) is 0. The summed E-state index contributed by atoms with van der Waals surface area (Å²) in [7, 11) is 0. The zero-order chi connectivity index (χ0) is 11.8. The standard InChI is InChI=1S/C7H6O2.C6H6O.2CH4.2H2/c8-5-6-3-1-2-4-7(6)9;7-6-4-2-1-3-5-6;;;;/h1-5,9H;1-5,7H;2*1H4;2*1H/i;;;;2*1+1. The molecule has 0 fully saturated rings. The molecule has 2 aromatic carbocycles. The lowest BCUT2D eigenvalue weighted by molar-refractivity contribution is 0.112. The zero-order valence-corrected chi connectivity index (χ0v) is 8.58. The Morgan fingerprint density at radius 2 is 1.33 bits per heavy atom. The minimum Gasteiger partial charge on any atom is -0.508 e. The fraction of sp³-hybridized carbons (Fsp3) is 0.133. The molecule has 0 heterocycles. The van der Waals surface area contributed by atoms with Gasteiger partial charge in [-0.15, -0.1) is 0 Å². The molecule has 18 heavy (non-hydrogen) atoms. The highest BCUT2D eigenvalue weighted by Gasteiger charge is 1.93. The highest BCUT2D eigenvalue weighted by Crippen LogP contribution is 2.11. The molecule has 0 saturated heterocycles. The molecule has 0 amide bonds. The van der Waals surface area contributed by atoms with Gasteiger partial charge in [-0.3, -0.25) is 4.79 Å². The average molecular weight is 254 g/mol. The first-order valence-corrected chi connectivity index (χ1v) is 4.71. The van der Waals surface area contributed by atoms with Crippen molar-refractivity contribution >= 4 is 6.29 Å². The van der Waals surface area contributed by atoms with Crippen LogP contribution in [0.5, 0.6) is 11.5 Å². The number of carbonyl (C=O) groups is 1. The van der Waals surface area contributed by atoms with Gasteiger partial charge in [-0.05, 0) is 24.3 Å². The van der Waals surface area contributed by atoms with Crippen LogP contribution in [-0.2, 0) is 0 Å². The summed E-state index contributed by atoms with van der Waals surface area (Å²) in [5.74, 6) is 0.356. The number of aromatic hydroxyl groups is 2. The fourth-order valence-electron chi connectivity index (χ4n) is 1.02. The summed E-state index contributed by atoms with van der Waals surface area (Å²) in [6.07, 6.45) is 0.620. The summed E-state index contributed by atoms with van der Waals surface area (Å²) in [6, 6.07) is 15.1. The van der Waals surface area contributed by atoms with Crippen LogP contribution in [0.3, 0.4) is 0 Å². The van der Waals surface area contributed by atoms with Gasteiger partial charge in [0, 0.05) is 2.85 Å². The van der Waals surface area contributed by atoms with Crippen molar-refractivity contribution < 1.29 is 17.9 Å². The third-order valence-corrected chi connectivity index (χ3v) is 1.82. The van der Waals surface area contributed by atoms with E-state index in [1.807, 2.05) is 6.07 Å². The molecule has 0 saturated carbocycles. The Bertz CT molecular complexity index is 448. The molecule has 0 radical (unpaired) electrons. The summed E-state index contributed by atoms with van der Waals surface area (Å²) in [5.41, 5.74) is 0.331.